The van der Waals surface area contributed by atoms with Gasteiger partial charge in [0.2, 0.25) is 0 Å². The van der Waals surface area contributed by atoms with E-state index < -0.39 is 11.7 Å². The zero-order valence-electron chi connectivity index (χ0n) is 8.52. The van der Waals surface area contributed by atoms with Crippen LogP contribution in [0.15, 0.2) is 24.8 Å². The number of nitrogens with zero attached hydrogens (tertiary/aromatic N) is 4. The van der Waals surface area contributed by atoms with Crippen LogP contribution in [-0.4, -0.2) is 19.7 Å². The van der Waals surface area contributed by atoms with Gasteiger partial charge in [-0.1, -0.05) is 0 Å². The van der Waals surface area contributed by atoms with Crippen molar-refractivity contribution in [2.24, 2.45) is 5.73 Å². The minimum absolute atomic E-state index is 0.206. The maximum absolute atomic E-state index is 12.3. The number of halogens is 3. The Morgan fingerprint density at radius 3 is 2.41 bits per heavy atom. The summed E-state index contributed by atoms with van der Waals surface area (Å²) in [6.07, 6.45) is -0.118. The van der Waals surface area contributed by atoms with Crippen molar-refractivity contribution in [3.63, 3.8) is 0 Å². The third-order valence-electron chi connectivity index (χ3n) is 2.05. The monoisotopic (exact) mass is 243 g/mol. The lowest BCUT2D eigenvalue weighted by Gasteiger charge is -2.02. The fourth-order valence-electron chi connectivity index (χ4n) is 1.17. The lowest BCUT2D eigenvalue weighted by molar-refractivity contribution is -0.137. The quantitative estimate of drug-likeness (QED) is 0.858. The molecule has 2 aromatic rings. The molecule has 0 fully saturated rings. The van der Waals surface area contributed by atoms with Gasteiger partial charge in [0.05, 0.1) is 29.8 Å². The number of hydrogen-bond donors (Lipinski definition) is 1. The Morgan fingerprint density at radius 1 is 1.18 bits per heavy atom. The molecule has 17 heavy (non-hydrogen) atoms. The predicted octanol–water partition coefficient (Wildman–Crippen LogP) is 1.14. The molecule has 0 bridgehead atoms. The Bertz CT molecular complexity index is 502. The number of aromatic nitrogens is 4. The highest BCUT2D eigenvalue weighted by molar-refractivity contribution is 5.21. The van der Waals surface area contributed by atoms with Crippen molar-refractivity contribution in [3.8, 4) is 5.82 Å². The number of rotatable bonds is 2. The summed E-state index contributed by atoms with van der Waals surface area (Å²) in [7, 11) is 0. The van der Waals surface area contributed by atoms with E-state index in [9.17, 15) is 13.2 Å². The SMILES string of the molecule is NCc1cnc(-n2cc(C(F)(F)F)cn2)cn1. The summed E-state index contributed by atoms with van der Waals surface area (Å²) >= 11 is 0. The highest BCUT2D eigenvalue weighted by Gasteiger charge is 2.32. The van der Waals surface area contributed by atoms with Gasteiger partial charge in [-0.2, -0.15) is 18.3 Å². The van der Waals surface area contributed by atoms with Crippen LogP contribution >= 0.6 is 0 Å². The Labute approximate surface area is 94.1 Å². The highest BCUT2D eigenvalue weighted by atomic mass is 19.4. The molecule has 2 rings (SSSR count). The molecule has 0 unspecified atom stereocenters. The molecule has 0 saturated heterocycles. The molecular formula is C9H8F3N5. The normalized spacial score (nSPS) is 11.8. The third-order valence-corrected chi connectivity index (χ3v) is 2.05. The molecule has 8 heteroatoms. The van der Waals surface area contributed by atoms with E-state index >= 15 is 0 Å². The fourth-order valence-corrected chi connectivity index (χ4v) is 1.17. The summed E-state index contributed by atoms with van der Waals surface area (Å²) in [6.45, 7) is 0.222. The van der Waals surface area contributed by atoms with Crippen molar-refractivity contribution < 1.29 is 13.2 Å². The van der Waals surface area contributed by atoms with Crippen LogP contribution in [0.25, 0.3) is 5.82 Å². The second-order valence-corrected chi connectivity index (χ2v) is 3.24. The number of nitrogens with two attached hydrogens (primary N) is 1. The standard InChI is InChI=1S/C9H8F3N5/c10-9(11,12)6-2-16-17(5-6)8-4-14-7(1-13)3-15-8/h2-5H,1,13H2. The summed E-state index contributed by atoms with van der Waals surface area (Å²) in [6, 6.07) is 0. The van der Waals surface area contributed by atoms with Crippen LogP contribution in [0.4, 0.5) is 13.2 Å². The van der Waals surface area contributed by atoms with Crippen LogP contribution in [0, 0.1) is 0 Å². The smallest absolute Gasteiger partial charge is 0.325 e. The van der Waals surface area contributed by atoms with Gasteiger partial charge in [-0.05, 0) is 0 Å². The number of hydrogen-bond acceptors (Lipinski definition) is 4. The molecule has 0 amide bonds. The first-order valence-electron chi connectivity index (χ1n) is 4.64. The van der Waals surface area contributed by atoms with Crippen LogP contribution in [0.2, 0.25) is 0 Å². The summed E-state index contributed by atoms with van der Waals surface area (Å²) < 4.78 is 38.0. The summed E-state index contributed by atoms with van der Waals surface area (Å²) in [5.41, 5.74) is 5.05. The van der Waals surface area contributed by atoms with Crippen LogP contribution in [0.5, 0.6) is 0 Å². The van der Waals surface area contributed by atoms with Crippen molar-refractivity contribution >= 4 is 0 Å². The van der Waals surface area contributed by atoms with Gasteiger partial charge in [-0.25, -0.2) is 9.67 Å². The van der Waals surface area contributed by atoms with Gasteiger partial charge in [0.25, 0.3) is 0 Å². The molecule has 0 aliphatic heterocycles. The van der Waals surface area contributed by atoms with Gasteiger partial charge in [0.15, 0.2) is 5.82 Å². The van der Waals surface area contributed by atoms with Crippen molar-refractivity contribution in [2.45, 2.75) is 12.7 Å². The Balaban J connectivity index is 2.30. The predicted molar refractivity (Wildman–Crippen MR) is 52.0 cm³/mol. The van der Waals surface area contributed by atoms with Gasteiger partial charge < -0.3 is 5.73 Å². The molecule has 5 nitrogen and oxygen atoms in total. The molecule has 0 atom stereocenters. The van der Waals surface area contributed by atoms with E-state index in [4.69, 9.17) is 5.73 Å². The topological polar surface area (TPSA) is 69.6 Å². The summed E-state index contributed by atoms with van der Waals surface area (Å²) in [4.78, 5) is 7.82. The molecule has 0 aliphatic carbocycles. The van der Waals surface area contributed by atoms with Gasteiger partial charge >= 0.3 is 6.18 Å². The zero-order valence-corrected chi connectivity index (χ0v) is 8.52. The average Bonchev–Trinajstić information content (AvgIpc) is 2.78. The Morgan fingerprint density at radius 2 is 1.94 bits per heavy atom. The molecule has 2 N–H and O–H groups in total. The van der Waals surface area contributed by atoms with Gasteiger partial charge in [-0.3, -0.25) is 4.98 Å². The summed E-state index contributed by atoms with van der Waals surface area (Å²) in [5, 5.41) is 3.57. The molecular weight excluding hydrogens is 235 g/mol. The Kier molecular flexibility index (Phi) is 2.80. The molecule has 0 radical (unpaired) electrons. The van der Waals surface area contributed by atoms with Gasteiger partial charge in [-0.15, -0.1) is 0 Å². The largest absolute Gasteiger partial charge is 0.419 e. The lowest BCUT2D eigenvalue weighted by atomic mass is 10.4. The maximum atomic E-state index is 12.3. The molecule has 2 heterocycles. The van der Waals surface area contributed by atoms with Crippen LogP contribution in [0.1, 0.15) is 11.3 Å². The highest BCUT2D eigenvalue weighted by Crippen LogP contribution is 2.28. The van der Waals surface area contributed by atoms with Gasteiger partial charge in [0.1, 0.15) is 0 Å². The Hall–Kier alpha value is -1.96. The van der Waals surface area contributed by atoms with E-state index in [0.29, 0.717) is 5.69 Å². The van der Waals surface area contributed by atoms with Crippen molar-refractivity contribution in [3.05, 3.63) is 36.0 Å². The fraction of sp³-hybridized carbons (Fsp3) is 0.222. The average molecular weight is 243 g/mol. The molecule has 0 aromatic carbocycles. The van der Waals surface area contributed by atoms with Crippen molar-refractivity contribution in [1.29, 1.82) is 0 Å². The van der Waals surface area contributed by atoms with Crippen LogP contribution in [-0.2, 0) is 12.7 Å². The van der Waals surface area contributed by atoms with Crippen LogP contribution < -0.4 is 5.73 Å². The van der Waals surface area contributed by atoms with E-state index in [2.05, 4.69) is 15.1 Å². The van der Waals surface area contributed by atoms with E-state index in [1.54, 1.807) is 0 Å². The van der Waals surface area contributed by atoms with E-state index in [-0.39, 0.29) is 12.4 Å². The maximum Gasteiger partial charge on any atom is 0.419 e. The lowest BCUT2D eigenvalue weighted by Crippen LogP contribution is -2.05. The minimum atomic E-state index is -4.41. The summed E-state index contributed by atoms with van der Waals surface area (Å²) in [5.74, 6) is 0.206. The minimum Gasteiger partial charge on any atom is -0.325 e. The molecule has 0 aliphatic rings. The second-order valence-electron chi connectivity index (χ2n) is 3.24. The van der Waals surface area contributed by atoms with Crippen LogP contribution in [0.3, 0.4) is 0 Å². The first-order chi connectivity index (χ1) is 8.00. The molecule has 90 valence electrons. The third kappa shape index (κ3) is 2.41. The van der Waals surface area contributed by atoms with Gasteiger partial charge in [0, 0.05) is 12.7 Å². The first-order valence-corrected chi connectivity index (χ1v) is 4.64. The number of alkyl halides is 3. The van der Waals surface area contributed by atoms with E-state index in [0.717, 1.165) is 17.1 Å². The zero-order chi connectivity index (χ0) is 12.5. The van der Waals surface area contributed by atoms with E-state index in [1.807, 2.05) is 0 Å². The molecule has 0 saturated carbocycles. The van der Waals surface area contributed by atoms with Crippen molar-refractivity contribution in [2.75, 3.05) is 0 Å². The molecule has 0 spiro atoms. The second kappa shape index (κ2) is 4.13. The van der Waals surface area contributed by atoms with E-state index in [1.165, 1.54) is 12.4 Å². The first kappa shape index (κ1) is 11.5. The molecule has 2 aromatic heterocycles. The van der Waals surface area contributed by atoms with Crippen molar-refractivity contribution in [1.82, 2.24) is 19.7 Å².